The maximum absolute atomic E-state index is 4.45. The molecule has 1 aromatic heterocycles. The number of hydrogen-bond acceptors (Lipinski definition) is 2. The zero-order valence-corrected chi connectivity index (χ0v) is 12.1. The summed E-state index contributed by atoms with van der Waals surface area (Å²) in [6, 6.07) is 10.4. The lowest BCUT2D eigenvalue weighted by atomic mass is 10.1. The zero-order chi connectivity index (χ0) is 14.2. The second kappa shape index (κ2) is 7.52. The molecule has 2 rings (SSSR count). The molecule has 0 saturated heterocycles. The maximum Gasteiger partial charge on any atom is 0.0645 e. The summed E-state index contributed by atoms with van der Waals surface area (Å²) >= 11 is 0. The van der Waals surface area contributed by atoms with Crippen LogP contribution in [-0.2, 0) is 0 Å². The van der Waals surface area contributed by atoms with E-state index in [1.165, 1.54) is 5.56 Å². The summed E-state index contributed by atoms with van der Waals surface area (Å²) in [4.78, 5) is 0. The van der Waals surface area contributed by atoms with Crippen molar-refractivity contribution in [2.24, 2.45) is 0 Å². The summed E-state index contributed by atoms with van der Waals surface area (Å²) in [5.74, 6) is 6.12. The lowest BCUT2D eigenvalue weighted by Crippen LogP contribution is -2.21. The van der Waals surface area contributed by atoms with E-state index in [0.29, 0.717) is 0 Å². The van der Waals surface area contributed by atoms with Crippen LogP contribution in [0.25, 0.3) is 5.69 Å². The van der Waals surface area contributed by atoms with E-state index in [0.717, 1.165) is 25.1 Å². The van der Waals surface area contributed by atoms with Crippen LogP contribution in [0.4, 0.5) is 0 Å². The Morgan fingerprint density at radius 2 is 2.10 bits per heavy atom. The topological polar surface area (TPSA) is 29.9 Å². The van der Waals surface area contributed by atoms with E-state index in [1.807, 2.05) is 36.0 Å². The molecule has 1 atom stereocenters. The number of rotatable bonds is 6. The Morgan fingerprint density at radius 3 is 2.80 bits per heavy atom. The molecule has 1 heterocycles. The van der Waals surface area contributed by atoms with Crippen LogP contribution < -0.4 is 5.32 Å². The van der Waals surface area contributed by atoms with Gasteiger partial charge >= 0.3 is 0 Å². The Labute approximate surface area is 121 Å². The van der Waals surface area contributed by atoms with E-state index in [1.54, 1.807) is 0 Å². The smallest absolute Gasteiger partial charge is 0.0645 e. The van der Waals surface area contributed by atoms with Gasteiger partial charge in [0.15, 0.2) is 0 Å². The van der Waals surface area contributed by atoms with Gasteiger partial charge in [-0.15, -0.1) is 11.8 Å². The number of aromatic nitrogens is 2. The van der Waals surface area contributed by atoms with Gasteiger partial charge in [0.1, 0.15) is 0 Å². The fourth-order valence-corrected chi connectivity index (χ4v) is 2.07. The first-order chi connectivity index (χ1) is 9.85. The van der Waals surface area contributed by atoms with Gasteiger partial charge < -0.3 is 5.32 Å². The first-order valence-electron chi connectivity index (χ1n) is 7.08. The van der Waals surface area contributed by atoms with Crippen molar-refractivity contribution in [2.45, 2.75) is 32.7 Å². The molecule has 0 fully saturated rings. The van der Waals surface area contributed by atoms with Gasteiger partial charge in [0.05, 0.1) is 11.9 Å². The lowest BCUT2D eigenvalue weighted by Gasteiger charge is -2.13. The summed E-state index contributed by atoms with van der Waals surface area (Å²) in [6.45, 7) is 5.04. The molecular weight excluding hydrogens is 246 g/mol. The van der Waals surface area contributed by atoms with Crippen LogP contribution in [0.3, 0.4) is 0 Å². The van der Waals surface area contributed by atoms with E-state index >= 15 is 0 Å². The molecule has 0 amide bonds. The highest BCUT2D eigenvalue weighted by molar-refractivity contribution is 5.31. The van der Waals surface area contributed by atoms with Gasteiger partial charge in [-0.05, 0) is 32.0 Å². The van der Waals surface area contributed by atoms with E-state index in [2.05, 4.69) is 47.5 Å². The number of para-hydroxylation sites is 1. The standard InChI is InChI=1S/C17H21N3/c1-3-5-11-17(18-12-4-2)15-13-19-20(14-15)16-9-7-6-8-10-16/h6-10,13-14,17-18H,4,11-12H2,1-2H3. The molecule has 0 radical (unpaired) electrons. The van der Waals surface area contributed by atoms with Crippen molar-refractivity contribution in [2.75, 3.05) is 6.54 Å². The number of nitrogens with zero attached hydrogens (tertiary/aromatic N) is 2. The fourth-order valence-electron chi connectivity index (χ4n) is 2.07. The number of hydrogen-bond donors (Lipinski definition) is 1. The predicted octanol–water partition coefficient (Wildman–Crippen LogP) is 3.33. The molecule has 104 valence electrons. The van der Waals surface area contributed by atoms with Crippen LogP contribution in [0, 0.1) is 11.8 Å². The largest absolute Gasteiger partial charge is 0.309 e. The SMILES string of the molecule is CC#CCC(NCCC)c1cnn(-c2ccccc2)c1. The Bertz CT molecular complexity index is 575. The van der Waals surface area contributed by atoms with Gasteiger partial charge in [0.25, 0.3) is 0 Å². The Balaban J connectivity index is 2.16. The molecule has 0 aliphatic heterocycles. The highest BCUT2D eigenvalue weighted by Gasteiger charge is 2.12. The minimum absolute atomic E-state index is 0.250. The van der Waals surface area contributed by atoms with Crippen molar-refractivity contribution >= 4 is 0 Å². The van der Waals surface area contributed by atoms with Gasteiger partial charge in [0.2, 0.25) is 0 Å². The van der Waals surface area contributed by atoms with E-state index in [-0.39, 0.29) is 6.04 Å². The van der Waals surface area contributed by atoms with Crippen LogP contribution in [0.1, 0.15) is 38.3 Å². The normalized spacial score (nSPS) is 11.7. The summed E-state index contributed by atoms with van der Waals surface area (Å²) in [7, 11) is 0. The minimum Gasteiger partial charge on any atom is -0.309 e. The molecule has 0 saturated carbocycles. The second-order valence-corrected chi connectivity index (χ2v) is 4.69. The van der Waals surface area contributed by atoms with Crippen molar-refractivity contribution in [3.63, 3.8) is 0 Å². The van der Waals surface area contributed by atoms with Crippen LogP contribution in [0.5, 0.6) is 0 Å². The highest BCUT2D eigenvalue weighted by Crippen LogP contribution is 2.17. The minimum atomic E-state index is 0.250. The van der Waals surface area contributed by atoms with Gasteiger partial charge in [0, 0.05) is 24.2 Å². The van der Waals surface area contributed by atoms with Crippen molar-refractivity contribution in [3.8, 4) is 17.5 Å². The molecule has 0 aliphatic carbocycles. The quantitative estimate of drug-likeness (QED) is 0.814. The lowest BCUT2D eigenvalue weighted by molar-refractivity contribution is 0.542. The van der Waals surface area contributed by atoms with Gasteiger partial charge in [-0.3, -0.25) is 0 Å². The van der Waals surface area contributed by atoms with Crippen LogP contribution in [-0.4, -0.2) is 16.3 Å². The molecular formula is C17H21N3. The van der Waals surface area contributed by atoms with Gasteiger partial charge in [-0.1, -0.05) is 25.1 Å². The third-order valence-corrected chi connectivity index (χ3v) is 3.15. The molecule has 3 heteroatoms. The summed E-state index contributed by atoms with van der Waals surface area (Å²) in [5.41, 5.74) is 2.26. The van der Waals surface area contributed by atoms with Crippen molar-refractivity contribution in [1.82, 2.24) is 15.1 Å². The van der Waals surface area contributed by atoms with Crippen LogP contribution in [0.15, 0.2) is 42.7 Å². The number of nitrogens with one attached hydrogen (secondary N) is 1. The van der Waals surface area contributed by atoms with E-state index in [4.69, 9.17) is 0 Å². The average molecular weight is 267 g/mol. The third-order valence-electron chi connectivity index (χ3n) is 3.15. The predicted molar refractivity (Wildman–Crippen MR) is 82.7 cm³/mol. The third kappa shape index (κ3) is 3.72. The Hall–Kier alpha value is -2.05. The van der Waals surface area contributed by atoms with Crippen molar-refractivity contribution in [3.05, 3.63) is 48.3 Å². The number of benzene rings is 1. The maximum atomic E-state index is 4.45. The summed E-state index contributed by atoms with van der Waals surface area (Å²) in [6.07, 6.45) is 5.94. The zero-order valence-electron chi connectivity index (χ0n) is 12.1. The Morgan fingerprint density at radius 1 is 1.30 bits per heavy atom. The molecule has 0 bridgehead atoms. The van der Waals surface area contributed by atoms with E-state index in [9.17, 15) is 0 Å². The molecule has 0 spiro atoms. The van der Waals surface area contributed by atoms with Gasteiger partial charge in [-0.25, -0.2) is 4.68 Å². The van der Waals surface area contributed by atoms with Crippen LogP contribution >= 0.6 is 0 Å². The van der Waals surface area contributed by atoms with Crippen LogP contribution in [0.2, 0.25) is 0 Å². The molecule has 1 N–H and O–H groups in total. The van der Waals surface area contributed by atoms with E-state index < -0.39 is 0 Å². The highest BCUT2D eigenvalue weighted by atomic mass is 15.3. The molecule has 3 nitrogen and oxygen atoms in total. The first kappa shape index (κ1) is 14.4. The van der Waals surface area contributed by atoms with Crippen molar-refractivity contribution in [1.29, 1.82) is 0 Å². The summed E-state index contributed by atoms with van der Waals surface area (Å²) < 4.78 is 1.91. The summed E-state index contributed by atoms with van der Waals surface area (Å²) in [5, 5.41) is 7.98. The molecule has 2 aromatic rings. The second-order valence-electron chi connectivity index (χ2n) is 4.69. The monoisotopic (exact) mass is 267 g/mol. The average Bonchev–Trinajstić information content (AvgIpc) is 2.98. The first-order valence-corrected chi connectivity index (χ1v) is 7.08. The Kier molecular flexibility index (Phi) is 5.40. The van der Waals surface area contributed by atoms with Crippen molar-refractivity contribution < 1.29 is 0 Å². The molecule has 1 aromatic carbocycles. The molecule has 20 heavy (non-hydrogen) atoms. The van der Waals surface area contributed by atoms with Gasteiger partial charge in [-0.2, -0.15) is 5.10 Å². The fraction of sp³-hybridized carbons (Fsp3) is 0.353. The molecule has 0 aliphatic rings. The molecule has 1 unspecified atom stereocenters.